The van der Waals surface area contributed by atoms with Crippen molar-refractivity contribution in [3.63, 3.8) is 0 Å². The van der Waals surface area contributed by atoms with E-state index in [0.717, 1.165) is 12.8 Å². The highest BCUT2D eigenvalue weighted by atomic mass is 16.2. The maximum Gasteiger partial charge on any atom is 0.287 e. The molecule has 0 aliphatic heterocycles. The molecule has 0 aromatic carbocycles. The Labute approximate surface area is 67.2 Å². The predicted molar refractivity (Wildman–Crippen MR) is 43.2 cm³/mol. The van der Waals surface area contributed by atoms with Crippen LogP contribution in [0.5, 0.6) is 0 Å². The molecule has 0 aromatic rings. The zero-order valence-electron chi connectivity index (χ0n) is 7.14. The number of likely N-dealkylation sites (N-methyl/N-ethyl adjacent to an activating group) is 1. The van der Waals surface area contributed by atoms with Crippen LogP contribution < -0.4 is 5.32 Å². The lowest BCUT2D eigenvalue weighted by atomic mass is 10.2. The summed E-state index contributed by atoms with van der Waals surface area (Å²) in [5.74, 6) is -0.741. The van der Waals surface area contributed by atoms with Crippen LogP contribution in [0.4, 0.5) is 0 Å². The highest BCUT2D eigenvalue weighted by Crippen LogP contribution is 1.94. The number of carbonyl (C=O) groups is 2. The van der Waals surface area contributed by atoms with Crippen molar-refractivity contribution in [3.8, 4) is 0 Å². The van der Waals surface area contributed by atoms with Gasteiger partial charge >= 0.3 is 0 Å². The summed E-state index contributed by atoms with van der Waals surface area (Å²) in [7, 11) is 0. The van der Waals surface area contributed by atoms with Gasteiger partial charge in [0.2, 0.25) is 5.78 Å². The fourth-order valence-electron chi connectivity index (χ4n) is 0.710. The number of amides is 1. The van der Waals surface area contributed by atoms with Gasteiger partial charge in [-0.3, -0.25) is 9.59 Å². The Balaban J connectivity index is 3.56. The van der Waals surface area contributed by atoms with Crippen LogP contribution >= 0.6 is 0 Å². The Morgan fingerprint density at radius 2 is 1.91 bits per heavy atom. The van der Waals surface area contributed by atoms with E-state index in [4.69, 9.17) is 0 Å². The van der Waals surface area contributed by atoms with Crippen molar-refractivity contribution < 1.29 is 9.59 Å². The maximum absolute atomic E-state index is 10.9. The van der Waals surface area contributed by atoms with Gasteiger partial charge < -0.3 is 5.32 Å². The van der Waals surface area contributed by atoms with Gasteiger partial charge in [0.1, 0.15) is 0 Å². The van der Waals surface area contributed by atoms with Gasteiger partial charge in [0.25, 0.3) is 5.91 Å². The Morgan fingerprint density at radius 1 is 1.27 bits per heavy atom. The standard InChI is InChI=1S/C8H15NO2/c1-3-5-6-7(10)8(11)9-4-2/h3-6H2,1-2H3,(H,9,11). The van der Waals surface area contributed by atoms with E-state index < -0.39 is 5.91 Å². The fourth-order valence-corrected chi connectivity index (χ4v) is 0.710. The highest BCUT2D eigenvalue weighted by molar-refractivity contribution is 6.36. The molecule has 0 aliphatic carbocycles. The van der Waals surface area contributed by atoms with Crippen molar-refractivity contribution in [3.05, 3.63) is 0 Å². The molecule has 0 unspecified atom stereocenters. The normalized spacial score (nSPS) is 9.27. The van der Waals surface area contributed by atoms with Crippen LogP contribution in [0.1, 0.15) is 33.1 Å². The first-order chi connectivity index (χ1) is 5.22. The highest BCUT2D eigenvalue weighted by Gasteiger charge is 2.10. The average Bonchev–Trinajstić information content (AvgIpc) is 2.00. The maximum atomic E-state index is 10.9. The Hall–Kier alpha value is -0.860. The zero-order chi connectivity index (χ0) is 8.69. The molecule has 11 heavy (non-hydrogen) atoms. The van der Waals surface area contributed by atoms with E-state index in [1.54, 1.807) is 6.92 Å². The minimum Gasteiger partial charge on any atom is -0.350 e. The van der Waals surface area contributed by atoms with Crippen LogP contribution in [0.15, 0.2) is 0 Å². The van der Waals surface area contributed by atoms with Crippen LogP contribution in [-0.2, 0) is 9.59 Å². The number of ketones is 1. The summed E-state index contributed by atoms with van der Waals surface area (Å²) in [5.41, 5.74) is 0. The molecular weight excluding hydrogens is 142 g/mol. The summed E-state index contributed by atoms with van der Waals surface area (Å²) in [5, 5.41) is 2.47. The molecule has 3 heteroatoms. The van der Waals surface area contributed by atoms with Crippen molar-refractivity contribution in [2.75, 3.05) is 6.54 Å². The van der Waals surface area contributed by atoms with E-state index in [9.17, 15) is 9.59 Å². The van der Waals surface area contributed by atoms with Gasteiger partial charge in [-0.05, 0) is 13.3 Å². The first kappa shape index (κ1) is 10.1. The van der Waals surface area contributed by atoms with Gasteiger partial charge in [-0.15, -0.1) is 0 Å². The van der Waals surface area contributed by atoms with Crippen LogP contribution in [0.2, 0.25) is 0 Å². The molecule has 0 aromatic heterocycles. The van der Waals surface area contributed by atoms with Crippen molar-refractivity contribution in [2.45, 2.75) is 33.1 Å². The lowest BCUT2D eigenvalue weighted by Crippen LogP contribution is -2.30. The van der Waals surface area contributed by atoms with E-state index >= 15 is 0 Å². The minimum absolute atomic E-state index is 0.297. The topological polar surface area (TPSA) is 46.2 Å². The molecule has 0 saturated heterocycles. The van der Waals surface area contributed by atoms with E-state index in [1.807, 2.05) is 6.92 Å². The average molecular weight is 157 g/mol. The Kier molecular flexibility index (Phi) is 5.43. The summed E-state index contributed by atoms with van der Waals surface area (Å²) in [6.45, 7) is 4.31. The second kappa shape index (κ2) is 5.89. The second-order valence-corrected chi connectivity index (χ2v) is 2.39. The van der Waals surface area contributed by atoms with Crippen LogP contribution in [0, 0.1) is 0 Å². The molecule has 64 valence electrons. The van der Waals surface area contributed by atoms with Crippen molar-refractivity contribution in [1.82, 2.24) is 5.32 Å². The summed E-state index contributed by atoms with van der Waals surface area (Å²) < 4.78 is 0. The van der Waals surface area contributed by atoms with Crippen molar-refractivity contribution in [2.24, 2.45) is 0 Å². The fraction of sp³-hybridized carbons (Fsp3) is 0.750. The van der Waals surface area contributed by atoms with Gasteiger partial charge in [-0.25, -0.2) is 0 Å². The second-order valence-electron chi connectivity index (χ2n) is 2.39. The Bertz CT molecular complexity index is 143. The first-order valence-corrected chi connectivity index (χ1v) is 4.03. The quantitative estimate of drug-likeness (QED) is 0.602. The van der Waals surface area contributed by atoms with Crippen molar-refractivity contribution >= 4 is 11.7 Å². The third-order valence-corrected chi connectivity index (χ3v) is 1.35. The van der Waals surface area contributed by atoms with Gasteiger partial charge in [-0.1, -0.05) is 13.3 Å². The largest absolute Gasteiger partial charge is 0.350 e. The molecule has 0 bridgehead atoms. The molecule has 3 nitrogen and oxygen atoms in total. The lowest BCUT2D eigenvalue weighted by molar-refractivity contribution is -0.137. The van der Waals surface area contributed by atoms with Gasteiger partial charge in [0, 0.05) is 13.0 Å². The smallest absolute Gasteiger partial charge is 0.287 e. The number of nitrogens with one attached hydrogen (secondary N) is 1. The molecular formula is C8H15NO2. The SMILES string of the molecule is CCCCC(=O)C(=O)NCC. The number of hydrogen-bond donors (Lipinski definition) is 1. The number of rotatable bonds is 5. The molecule has 0 aliphatic rings. The lowest BCUT2D eigenvalue weighted by Gasteiger charge is -1.98. The predicted octanol–water partition coefficient (Wildman–Crippen LogP) is 0.882. The number of unbranched alkanes of at least 4 members (excludes halogenated alkanes) is 1. The number of Topliss-reactive ketones (excluding diaryl/α,β-unsaturated/α-hetero) is 1. The molecule has 0 rings (SSSR count). The van der Waals surface area contributed by atoms with E-state index in [2.05, 4.69) is 5.32 Å². The summed E-state index contributed by atoms with van der Waals surface area (Å²) in [4.78, 5) is 21.7. The van der Waals surface area contributed by atoms with E-state index in [-0.39, 0.29) is 5.78 Å². The van der Waals surface area contributed by atoms with Crippen LogP contribution in [0.3, 0.4) is 0 Å². The van der Waals surface area contributed by atoms with E-state index in [0.29, 0.717) is 13.0 Å². The van der Waals surface area contributed by atoms with Crippen molar-refractivity contribution in [1.29, 1.82) is 0 Å². The number of hydrogen-bond acceptors (Lipinski definition) is 2. The summed E-state index contributed by atoms with van der Waals surface area (Å²) >= 11 is 0. The van der Waals surface area contributed by atoms with Gasteiger partial charge in [-0.2, -0.15) is 0 Å². The molecule has 0 atom stereocenters. The van der Waals surface area contributed by atoms with Crippen LogP contribution in [0.25, 0.3) is 0 Å². The monoisotopic (exact) mass is 157 g/mol. The summed E-state index contributed by atoms with van der Waals surface area (Å²) in [6.07, 6.45) is 2.13. The third kappa shape index (κ3) is 4.53. The molecule has 0 heterocycles. The van der Waals surface area contributed by atoms with E-state index in [1.165, 1.54) is 0 Å². The third-order valence-electron chi connectivity index (χ3n) is 1.35. The molecule has 1 N–H and O–H groups in total. The minimum atomic E-state index is -0.444. The van der Waals surface area contributed by atoms with Gasteiger partial charge in [0.05, 0.1) is 0 Å². The number of carbonyl (C=O) groups excluding carboxylic acids is 2. The molecule has 0 spiro atoms. The Morgan fingerprint density at radius 3 is 2.36 bits per heavy atom. The first-order valence-electron chi connectivity index (χ1n) is 4.03. The molecule has 1 amide bonds. The molecule has 0 radical (unpaired) electrons. The van der Waals surface area contributed by atoms with Crippen LogP contribution in [-0.4, -0.2) is 18.2 Å². The summed E-state index contributed by atoms with van der Waals surface area (Å²) in [6, 6.07) is 0. The van der Waals surface area contributed by atoms with Gasteiger partial charge in [0.15, 0.2) is 0 Å². The zero-order valence-corrected chi connectivity index (χ0v) is 7.14. The molecule has 0 saturated carbocycles. The molecule has 0 fully saturated rings.